The number of aromatic nitrogens is 2. The number of aromatic amines is 1. The van der Waals surface area contributed by atoms with Crippen molar-refractivity contribution >= 4 is 0 Å². The van der Waals surface area contributed by atoms with E-state index in [1.165, 1.54) is 0 Å². The molecule has 0 bridgehead atoms. The topological polar surface area (TPSA) is 96.9 Å². The van der Waals surface area contributed by atoms with E-state index >= 15 is 0 Å². The third kappa shape index (κ3) is 3.13. The lowest BCUT2D eigenvalue weighted by molar-refractivity contribution is 0.242. The average Bonchev–Trinajstić information content (AvgIpc) is 2.97. The number of ether oxygens (including phenoxy) is 2. The van der Waals surface area contributed by atoms with Crippen molar-refractivity contribution in [3.8, 4) is 17.7 Å². The molecule has 0 unspecified atom stereocenters. The van der Waals surface area contributed by atoms with Gasteiger partial charge in [0.25, 0.3) is 0 Å². The Labute approximate surface area is 153 Å². The summed E-state index contributed by atoms with van der Waals surface area (Å²) in [5, 5.41) is 17.0. The molecule has 0 fully saturated rings. The zero-order chi connectivity index (χ0) is 19.1. The zero-order valence-electron chi connectivity index (χ0n) is 15.8. The van der Waals surface area contributed by atoms with Gasteiger partial charge in [0.15, 0.2) is 0 Å². The first-order valence-electron chi connectivity index (χ1n) is 8.65. The second kappa shape index (κ2) is 6.41. The van der Waals surface area contributed by atoms with Gasteiger partial charge in [-0.2, -0.15) is 5.26 Å². The van der Waals surface area contributed by atoms with Gasteiger partial charge in [-0.25, -0.2) is 0 Å². The van der Waals surface area contributed by atoms with Crippen molar-refractivity contribution in [1.29, 1.82) is 5.26 Å². The van der Waals surface area contributed by atoms with E-state index < -0.39 is 0 Å². The quantitative estimate of drug-likeness (QED) is 0.877. The maximum absolute atomic E-state index is 9.70. The van der Waals surface area contributed by atoms with E-state index in [0.717, 1.165) is 22.6 Å². The molecule has 1 aromatic heterocycles. The van der Waals surface area contributed by atoms with Crippen LogP contribution in [0.3, 0.4) is 0 Å². The molecule has 6 heteroatoms. The fourth-order valence-electron chi connectivity index (χ4n) is 3.16. The van der Waals surface area contributed by atoms with Gasteiger partial charge in [0.05, 0.1) is 17.6 Å². The van der Waals surface area contributed by atoms with Gasteiger partial charge in [0.1, 0.15) is 17.4 Å². The molecular weight excluding hydrogens is 328 g/mol. The summed E-state index contributed by atoms with van der Waals surface area (Å²) in [5.41, 5.74) is 8.94. The van der Waals surface area contributed by atoms with E-state index in [0.29, 0.717) is 11.5 Å². The van der Waals surface area contributed by atoms with E-state index in [-0.39, 0.29) is 23.3 Å². The Balaban J connectivity index is 2.13. The average molecular weight is 352 g/mol. The van der Waals surface area contributed by atoms with Gasteiger partial charge < -0.3 is 15.2 Å². The van der Waals surface area contributed by atoms with Crippen LogP contribution in [0.5, 0.6) is 11.6 Å². The van der Waals surface area contributed by atoms with Crippen LogP contribution in [0.1, 0.15) is 57.4 Å². The van der Waals surface area contributed by atoms with Crippen molar-refractivity contribution in [2.45, 2.75) is 52.1 Å². The summed E-state index contributed by atoms with van der Waals surface area (Å²) in [6, 6.07) is 9.95. The number of benzene rings is 1. The van der Waals surface area contributed by atoms with E-state index in [1.807, 2.05) is 38.1 Å². The number of nitrogens with zero attached hydrogens (tertiary/aromatic N) is 2. The van der Waals surface area contributed by atoms with Crippen LogP contribution >= 0.6 is 0 Å². The minimum Gasteiger partial charge on any atom is -0.491 e. The first-order chi connectivity index (χ1) is 12.2. The number of allylic oxidation sites excluding steroid dienone is 1. The predicted octanol–water partition coefficient (Wildman–Crippen LogP) is 3.71. The van der Waals surface area contributed by atoms with Crippen molar-refractivity contribution in [2.75, 3.05) is 0 Å². The van der Waals surface area contributed by atoms with E-state index in [4.69, 9.17) is 15.2 Å². The zero-order valence-corrected chi connectivity index (χ0v) is 15.8. The third-order valence-corrected chi connectivity index (χ3v) is 4.27. The second-order valence-electron chi connectivity index (χ2n) is 7.73. The second-order valence-corrected chi connectivity index (χ2v) is 7.73. The summed E-state index contributed by atoms with van der Waals surface area (Å²) < 4.78 is 11.3. The maximum atomic E-state index is 9.70. The SMILES string of the molecule is CC(C)Oc1ccc([C@@H]2C(C#N)=C(N)Oc3n[nH]c(C(C)(C)C)c32)cc1. The summed E-state index contributed by atoms with van der Waals surface area (Å²) in [5.74, 6) is 0.984. The molecule has 26 heavy (non-hydrogen) atoms. The molecule has 0 amide bonds. The van der Waals surface area contributed by atoms with Crippen molar-refractivity contribution < 1.29 is 9.47 Å². The molecule has 1 atom stereocenters. The third-order valence-electron chi connectivity index (χ3n) is 4.27. The molecule has 2 aromatic rings. The molecule has 1 aliphatic rings. The molecule has 0 aliphatic carbocycles. The summed E-state index contributed by atoms with van der Waals surface area (Å²) in [6.07, 6.45) is 0.0992. The molecule has 0 spiro atoms. The van der Waals surface area contributed by atoms with Gasteiger partial charge in [0.2, 0.25) is 11.8 Å². The Morgan fingerprint density at radius 3 is 2.46 bits per heavy atom. The molecule has 6 nitrogen and oxygen atoms in total. The summed E-state index contributed by atoms with van der Waals surface area (Å²) in [6.45, 7) is 10.2. The minimum absolute atomic E-state index is 0.0967. The molecule has 0 saturated carbocycles. The molecule has 0 radical (unpaired) electrons. The molecule has 3 rings (SSSR count). The Morgan fingerprint density at radius 1 is 1.27 bits per heavy atom. The molecule has 136 valence electrons. The first kappa shape index (κ1) is 17.9. The lowest BCUT2D eigenvalue weighted by Gasteiger charge is -2.27. The Bertz CT molecular complexity index is 880. The highest BCUT2D eigenvalue weighted by Gasteiger charge is 2.37. The molecule has 3 N–H and O–H groups in total. The van der Waals surface area contributed by atoms with E-state index in [1.54, 1.807) is 0 Å². The van der Waals surface area contributed by atoms with E-state index in [2.05, 4.69) is 37.0 Å². The van der Waals surface area contributed by atoms with Crippen molar-refractivity contribution in [3.05, 3.63) is 52.5 Å². The molecule has 1 aromatic carbocycles. The van der Waals surface area contributed by atoms with Gasteiger partial charge in [-0.3, -0.25) is 5.10 Å². The highest BCUT2D eigenvalue weighted by molar-refractivity contribution is 5.56. The van der Waals surface area contributed by atoms with Crippen molar-refractivity contribution in [3.63, 3.8) is 0 Å². The van der Waals surface area contributed by atoms with Gasteiger partial charge in [-0.05, 0) is 31.5 Å². The Kier molecular flexibility index (Phi) is 4.41. The van der Waals surface area contributed by atoms with E-state index in [9.17, 15) is 5.26 Å². The molecule has 2 heterocycles. The predicted molar refractivity (Wildman–Crippen MR) is 98.8 cm³/mol. The lowest BCUT2D eigenvalue weighted by Crippen LogP contribution is -2.23. The highest BCUT2D eigenvalue weighted by Crippen LogP contribution is 2.45. The van der Waals surface area contributed by atoms with Crippen LogP contribution in [0.25, 0.3) is 0 Å². The highest BCUT2D eigenvalue weighted by atomic mass is 16.5. The Hall–Kier alpha value is -2.94. The molecule has 1 aliphatic heterocycles. The smallest absolute Gasteiger partial charge is 0.244 e. The number of hydrogen-bond donors (Lipinski definition) is 2. The van der Waals surface area contributed by atoms with Crippen LogP contribution in [-0.2, 0) is 5.41 Å². The summed E-state index contributed by atoms with van der Waals surface area (Å²) in [4.78, 5) is 0. The normalized spacial score (nSPS) is 16.9. The molecule has 0 saturated heterocycles. The van der Waals surface area contributed by atoms with Crippen LogP contribution in [0.4, 0.5) is 0 Å². The van der Waals surface area contributed by atoms with Crippen LogP contribution in [-0.4, -0.2) is 16.3 Å². The fourth-order valence-corrected chi connectivity index (χ4v) is 3.16. The number of fused-ring (bicyclic) bond motifs is 1. The number of nitriles is 1. The largest absolute Gasteiger partial charge is 0.491 e. The van der Waals surface area contributed by atoms with Crippen molar-refractivity contribution in [2.24, 2.45) is 5.73 Å². The lowest BCUT2D eigenvalue weighted by atomic mass is 9.79. The summed E-state index contributed by atoms with van der Waals surface area (Å²) in [7, 11) is 0. The monoisotopic (exact) mass is 352 g/mol. The van der Waals surface area contributed by atoms with Gasteiger partial charge >= 0.3 is 0 Å². The standard InChI is InChI=1S/C20H24N4O2/c1-11(2)25-13-8-6-12(7-9-13)15-14(10-21)18(22)26-19-16(15)17(23-24-19)20(3,4)5/h6-9,11,15H,22H2,1-5H3,(H,23,24)/t15-/m1/s1. The summed E-state index contributed by atoms with van der Waals surface area (Å²) >= 11 is 0. The number of H-pyrrole nitrogens is 1. The van der Waals surface area contributed by atoms with Crippen LogP contribution in [0, 0.1) is 11.3 Å². The number of nitrogens with two attached hydrogens (primary N) is 1. The van der Waals surface area contributed by atoms with Crippen LogP contribution in [0.2, 0.25) is 0 Å². The minimum atomic E-state index is -0.329. The van der Waals surface area contributed by atoms with Gasteiger partial charge in [0, 0.05) is 11.1 Å². The number of hydrogen-bond acceptors (Lipinski definition) is 5. The number of nitrogens with one attached hydrogen (secondary N) is 1. The Morgan fingerprint density at radius 2 is 1.92 bits per heavy atom. The van der Waals surface area contributed by atoms with Gasteiger partial charge in [-0.1, -0.05) is 32.9 Å². The fraction of sp³-hybridized carbons (Fsp3) is 0.400. The molecular formula is C20H24N4O2. The van der Waals surface area contributed by atoms with Crippen LogP contribution < -0.4 is 15.2 Å². The maximum Gasteiger partial charge on any atom is 0.244 e. The number of rotatable bonds is 3. The van der Waals surface area contributed by atoms with Gasteiger partial charge in [-0.15, -0.1) is 5.10 Å². The van der Waals surface area contributed by atoms with Crippen LogP contribution in [0.15, 0.2) is 35.7 Å². The first-order valence-corrected chi connectivity index (χ1v) is 8.65. The van der Waals surface area contributed by atoms with Crippen molar-refractivity contribution in [1.82, 2.24) is 10.2 Å².